The molecule has 0 unspecified atom stereocenters. The summed E-state index contributed by atoms with van der Waals surface area (Å²) >= 11 is 1.76. The van der Waals surface area contributed by atoms with Gasteiger partial charge in [-0.05, 0) is 30.2 Å². The van der Waals surface area contributed by atoms with Gasteiger partial charge in [0, 0.05) is 18.7 Å². The van der Waals surface area contributed by atoms with Gasteiger partial charge in [-0.3, -0.25) is 9.59 Å². The second-order valence-corrected chi connectivity index (χ2v) is 6.51. The van der Waals surface area contributed by atoms with Crippen molar-refractivity contribution in [2.75, 3.05) is 6.26 Å². The van der Waals surface area contributed by atoms with Crippen LogP contribution in [0.25, 0.3) is 0 Å². The van der Waals surface area contributed by atoms with Gasteiger partial charge in [0.25, 0.3) is 0 Å². The molecule has 0 aromatic heterocycles. The van der Waals surface area contributed by atoms with E-state index in [1.165, 1.54) is 5.56 Å². The lowest BCUT2D eigenvalue weighted by molar-refractivity contribution is -0.157. The van der Waals surface area contributed by atoms with Crippen LogP contribution in [0.5, 0.6) is 0 Å². The van der Waals surface area contributed by atoms with Crippen molar-refractivity contribution >= 4 is 23.6 Å². The van der Waals surface area contributed by atoms with E-state index in [-0.39, 0.29) is 12.3 Å². The fraction of sp³-hybridized carbons (Fsp3) is 0.500. The highest BCUT2D eigenvalue weighted by molar-refractivity contribution is 7.97. The minimum atomic E-state index is -0.842. The van der Waals surface area contributed by atoms with Crippen LogP contribution in [0.4, 0.5) is 0 Å². The topological polar surface area (TPSA) is 66.4 Å². The van der Waals surface area contributed by atoms with Crippen LogP contribution in [0.2, 0.25) is 0 Å². The molecule has 0 saturated heterocycles. The molecular weight excluding hydrogens is 286 g/mol. The quantitative estimate of drug-likeness (QED) is 0.813. The summed E-state index contributed by atoms with van der Waals surface area (Å²) in [7, 11) is 0. The van der Waals surface area contributed by atoms with Gasteiger partial charge in [0.05, 0.1) is 5.41 Å². The number of carboxylic acid groups (broad SMARTS) is 1. The zero-order chi connectivity index (χ0) is 15.3. The lowest BCUT2D eigenvalue weighted by Gasteiger charge is -2.36. The Morgan fingerprint density at radius 1 is 1.33 bits per heavy atom. The molecular formula is C16H21NO3S. The van der Waals surface area contributed by atoms with Gasteiger partial charge in [0.2, 0.25) is 5.91 Å². The van der Waals surface area contributed by atoms with Gasteiger partial charge in [0.15, 0.2) is 0 Å². The van der Waals surface area contributed by atoms with E-state index in [1.54, 1.807) is 11.8 Å². The fourth-order valence-corrected chi connectivity index (χ4v) is 3.15. The third-order valence-electron chi connectivity index (χ3n) is 4.06. The van der Waals surface area contributed by atoms with Crippen LogP contribution < -0.4 is 5.32 Å². The third kappa shape index (κ3) is 4.00. The van der Waals surface area contributed by atoms with Crippen molar-refractivity contribution in [1.29, 1.82) is 0 Å². The predicted octanol–water partition coefficient (Wildman–Crippen LogP) is 2.81. The zero-order valence-electron chi connectivity index (χ0n) is 12.2. The van der Waals surface area contributed by atoms with Gasteiger partial charge in [-0.1, -0.05) is 30.7 Å². The minimum Gasteiger partial charge on any atom is -0.481 e. The smallest absolute Gasteiger partial charge is 0.310 e. The fourth-order valence-electron chi connectivity index (χ4n) is 2.64. The highest BCUT2D eigenvalue weighted by Crippen LogP contribution is 2.44. The monoisotopic (exact) mass is 307 g/mol. The molecule has 114 valence electrons. The summed E-state index contributed by atoms with van der Waals surface area (Å²) in [5, 5.41) is 12.1. The number of aliphatic carboxylic acids is 1. The van der Waals surface area contributed by atoms with Crippen LogP contribution in [-0.4, -0.2) is 23.2 Å². The van der Waals surface area contributed by atoms with Crippen molar-refractivity contribution in [3.8, 4) is 0 Å². The average Bonchev–Trinajstić information content (AvgIpc) is 2.41. The standard InChI is InChI=1S/C16H21NO3S/c1-21-11-13-5-2-4-12(8-13)10-17-14(18)9-16(15(19)20)6-3-7-16/h2,4-5,8H,3,6-7,9-11H2,1H3,(H,17,18)(H,19,20). The molecule has 2 rings (SSSR count). The average molecular weight is 307 g/mol. The predicted molar refractivity (Wildman–Crippen MR) is 84.0 cm³/mol. The lowest BCUT2D eigenvalue weighted by atomic mass is 9.66. The Labute approximate surface area is 129 Å². The summed E-state index contributed by atoms with van der Waals surface area (Å²) in [6, 6.07) is 8.10. The van der Waals surface area contributed by atoms with Crippen LogP contribution in [0.1, 0.15) is 36.8 Å². The molecule has 5 heteroatoms. The van der Waals surface area contributed by atoms with Crippen molar-refractivity contribution in [2.24, 2.45) is 5.41 Å². The molecule has 0 atom stereocenters. The van der Waals surface area contributed by atoms with Crippen LogP contribution in [0, 0.1) is 5.41 Å². The van der Waals surface area contributed by atoms with Gasteiger partial charge in [0.1, 0.15) is 0 Å². The summed E-state index contributed by atoms with van der Waals surface area (Å²) in [5.41, 5.74) is 1.47. The minimum absolute atomic E-state index is 0.0901. The number of carbonyl (C=O) groups is 2. The maximum atomic E-state index is 12.0. The molecule has 1 aromatic carbocycles. The summed E-state index contributed by atoms with van der Waals surface area (Å²) in [4.78, 5) is 23.2. The Bertz CT molecular complexity index is 526. The number of amides is 1. The van der Waals surface area contributed by atoms with Gasteiger partial charge in [-0.15, -0.1) is 0 Å². The summed E-state index contributed by atoms with van der Waals surface area (Å²) < 4.78 is 0. The first kappa shape index (κ1) is 15.9. The number of carboxylic acids is 1. The van der Waals surface area contributed by atoms with Crippen molar-refractivity contribution in [3.05, 3.63) is 35.4 Å². The molecule has 1 amide bonds. The lowest BCUT2D eigenvalue weighted by Crippen LogP contribution is -2.42. The first-order chi connectivity index (χ1) is 10.1. The number of carbonyl (C=O) groups excluding carboxylic acids is 1. The molecule has 1 fully saturated rings. The molecule has 0 radical (unpaired) electrons. The Balaban J connectivity index is 1.86. The number of thioether (sulfide) groups is 1. The highest BCUT2D eigenvalue weighted by Gasteiger charge is 2.45. The molecule has 1 aliphatic carbocycles. The molecule has 2 N–H and O–H groups in total. The second kappa shape index (κ2) is 6.98. The Kier molecular flexibility index (Phi) is 5.28. The van der Waals surface area contributed by atoms with Crippen molar-refractivity contribution in [1.82, 2.24) is 5.32 Å². The largest absolute Gasteiger partial charge is 0.481 e. The first-order valence-electron chi connectivity index (χ1n) is 7.13. The molecule has 0 aliphatic heterocycles. The number of benzene rings is 1. The second-order valence-electron chi connectivity index (χ2n) is 5.65. The van der Waals surface area contributed by atoms with E-state index in [0.29, 0.717) is 19.4 Å². The number of hydrogen-bond acceptors (Lipinski definition) is 3. The van der Waals surface area contributed by atoms with Crippen LogP contribution in [-0.2, 0) is 21.9 Å². The molecule has 0 bridgehead atoms. The molecule has 1 aliphatic rings. The molecule has 4 nitrogen and oxygen atoms in total. The van der Waals surface area contributed by atoms with E-state index >= 15 is 0 Å². The van der Waals surface area contributed by atoms with Crippen molar-refractivity contribution in [3.63, 3.8) is 0 Å². The third-order valence-corrected chi connectivity index (χ3v) is 4.68. The summed E-state index contributed by atoms with van der Waals surface area (Å²) in [6.07, 6.45) is 4.26. The van der Waals surface area contributed by atoms with E-state index in [9.17, 15) is 14.7 Å². The molecule has 1 aromatic rings. The number of rotatable bonds is 7. The zero-order valence-corrected chi connectivity index (χ0v) is 13.0. The van der Waals surface area contributed by atoms with Gasteiger partial charge < -0.3 is 10.4 Å². The van der Waals surface area contributed by atoms with Crippen LogP contribution in [0.15, 0.2) is 24.3 Å². The van der Waals surface area contributed by atoms with Crippen molar-refractivity contribution in [2.45, 2.75) is 38.0 Å². The Morgan fingerprint density at radius 3 is 2.62 bits per heavy atom. The maximum Gasteiger partial charge on any atom is 0.310 e. The number of nitrogens with one attached hydrogen (secondary N) is 1. The summed E-state index contributed by atoms with van der Waals surface area (Å²) in [6.45, 7) is 0.455. The van der Waals surface area contributed by atoms with E-state index in [2.05, 4.69) is 23.7 Å². The van der Waals surface area contributed by atoms with E-state index < -0.39 is 11.4 Å². The van der Waals surface area contributed by atoms with E-state index in [1.807, 2.05) is 12.1 Å². The SMILES string of the molecule is CSCc1cccc(CNC(=O)CC2(C(=O)O)CCC2)c1. The van der Waals surface area contributed by atoms with Gasteiger partial charge in [-0.25, -0.2) is 0 Å². The Hall–Kier alpha value is -1.49. The molecule has 0 heterocycles. The highest BCUT2D eigenvalue weighted by atomic mass is 32.2. The van der Waals surface area contributed by atoms with Crippen molar-refractivity contribution < 1.29 is 14.7 Å². The van der Waals surface area contributed by atoms with Gasteiger partial charge in [-0.2, -0.15) is 11.8 Å². The maximum absolute atomic E-state index is 12.0. The van der Waals surface area contributed by atoms with E-state index in [0.717, 1.165) is 17.7 Å². The molecule has 0 spiro atoms. The molecule has 1 saturated carbocycles. The number of hydrogen-bond donors (Lipinski definition) is 2. The first-order valence-corrected chi connectivity index (χ1v) is 8.52. The van der Waals surface area contributed by atoms with Gasteiger partial charge >= 0.3 is 5.97 Å². The van der Waals surface area contributed by atoms with Crippen LogP contribution in [0.3, 0.4) is 0 Å². The van der Waals surface area contributed by atoms with Crippen LogP contribution >= 0.6 is 11.8 Å². The summed E-state index contributed by atoms with van der Waals surface area (Å²) in [5.74, 6) is -0.0672. The normalized spacial score (nSPS) is 16.0. The van der Waals surface area contributed by atoms with E-state index in [4.69, 9.17) is 0 Å². The Morgan fingerprint density at radius 2 is 2.05 bits per heavy atom. The molecule has 21 heavy (non-hydrogen) atoms.